The highest BCUT2D eigenvalue weighted by Crippen LogP contribution is 2.49. The first-order valence-corrected chi connectivity index (χ1v) is 40.1. The maximum atomic E-state index is 9.35. The lowest BCUT2D eigenvalue weighted by Gasteiger charge is -2.20. The Kier molecular flexibility index (Phi) is 16.7. The first-order valence-electron chi connectivity index (χ1n) is 52.1. The van der Waals surface area contributed by atoms with Gasteiger partial charge in [0.2, 0.25) is 45.5 Å². The van der Waals surface area contributed by atoms with E-state index in [0.717, 1.165) is 55.5 Å². The number of aromatic nitrogens is 4. The van der Waals surface area contributed by atoms with Crippen molar-refractivity contribution < 1.29 is 68.8 Å². The summed E-state index contributed by atoms with van der Waals surface area (Å²) < 4.78 is 235. The van der Waals surface area contributed by atoms with Crippen molar-refractivity contribution in [3.8, 4) is 45.0 Å². The molecule has 0 N–H and O–H groups in total. The Morgan fingerprint density at radius 2 is 0.752 bits per heavy atom. The molecule has 16 rings (SSSR count). The van der Waals surface area contributed by atoms with Gasteiger partial charge in [0, 0.05) is 146 Å². The second kappa shape index (κ2) is 33.6. The number of aryl methyl sites for hydroxylation is 6. The Morgan fingerprint density at radius 3 is 1.13 bits per heavy atom. The highest BCUT2D eigenvalue weighted by Gasteiger charge is 2.32. The van der Waals surface area contributed by atoms with Gasteiger partial charge in [-0.15, -0.1) is 0 Å². The van der Waals surface area contributed by atoms with E-state index in [9.17, 15) is 2.74 Å². The van der Waals surface area contributed by atoms with Gasteiger partial charge in [-0.25, -0.2) is 19.4 Å². The number of nitrogens with zero attached hydrogens (tertiary/aromatic N) is 8. The quantitative estimate of drug-likeness (QED) is 0.0954. The molecule has 12 heteroatoms. The minimum atomic E-state index is -2.64. The molecule has 2 unspecified atom stereocenters. The summed E-state index contributed by atoms with van der Waals surface area (Å²) in [5.74, 6) is -6.39. The topological polar surface area (TPSA) is 85.5 Å². The second-order valence-electron chi connectivity index (χ2n) is 33.5. The van der Waals surface area contributed by atoms with Crippen LogP contribution in [-0.4, -0.2) is 0 Å². The fraction of sp³-hybridized carbons (Fsp3) is 0.339. The summed E-state index contributed by atoms with van der Waals surface area (Å²) in [6.07, 6.45) is -4.24. The Morgan fingerprint density at radius 1 is 0.388 bits per heavy atom. The fourth-order valence-electron chi connectivity index (χ4n) is 16.0. The summed E-state index contributed by atoms with van der Waals surface area (Å²) in [4.78, 5) is 14.6. The van der Waals surface area contributed by atoms with E-state index in [1.54, 1.807) is 131 Å². The zero-order chi connectivity index (χ0) is 109. The van der Waals surface area contributed by atoms with Crippen LogP contribution in [0.2, 0.25) is 0 Å². The van der Waals surface area contributed by atoms with Crippen molar-refractivity contribution in [2.24, 2.45) is 39.5 Å². The first-order chi connectivity index (χ1) is 66.6. The van der Waals surface area contributed by atoms with E-state index in [4.69, 9.17) is 74.1 Å². The maximum absolute atomic E-state index is 9.35. The molecule has 8 aromatic heterocycles. The molecule has 0 spiro atoms. The van der Waals surface area contributed by atoms with Crippen LogP contribution in [-0.2, 0) is 40.9 Å². The highest BCUT2D eigenvalue weighted by atomic mass is 16.3. The monoisotopic (exact) mass is 1630 g/mol. The van der Waals surface area contributed by atoms with Crippen LogP contribution in [0, 0.1) is 121 Å². The van der Waals surface area contributed by atoms with Crippen molar-refractivity contribution in [3.63, 3.8) is 0 Å². The van der Waals surface area contributed by atoms with Crippen LogP contribution in [0.5, 0.6) is 0 Å². The molecule has 8 aromatic carbocycles. The number of hydrogen-bond acceptors (Lipinski definition) is 4. The van der Waals surface area contributed by atoms with Gasteiger partial charge in [0.15, 0.2) is 22.8 Å². The molecule has 0 aliphatic rings. The summed E-state index contributed by atoms with van der Waals surface area (Å²) >= 11 is 0. The van der Waals surface area contributed by atoms with E-state index in [1.807, 2.05) is 114 Å². The van der Waals surface area contributed by atoms with E-state index in [-0.39, 0.29) is 74.3 Å². The standard InChI is InChI=1S/C30H35N2O.C29H33N2O.2C25H25N2O/c1-17(2)22-13-14-24-23-12-11-18(3)26(28(23)33-29(24)27(22)31-9)25-15-21(16-30(6,7)8)19(4)20(5)32(25)10;1-16(2)14-21-15-25(31(9)20(7)19(21)6)26-18(5)10-11-23-24-13-12-22(17(3)4)27(30-8)29(24)32-28(23)26;2*1-14(2)18-12-20-19-9-8-16(4)23(22-11-15(3)10-17(5)27(22)7)25(19)28-24(20)21(13-18)26-6/h11-15,17H,16H2,1-8,10H3;10-13,15-17H,14H2,1-7,9H3;2*8-14H,1-5,7H3/q4*+1/i4D3,15D,16D2,17D;6D3,14D2,15D,17D;1D3,10D,11D,14D;1D3,14D. The lowest BCUT2D eigenvalue weighted by molar-refractivity contribution is -0.667. The lowest BCUT2D eigenvalue weighted by atomic mass is 9.85. The number of pyridine rings is 4. The SMILES string of the molecule is [2H]C([2H])([2H])C([2H])(C)c1cc([N+]#[C-])c2oc3c(-c4cc(C)cc(C)[n+]4C)c(C)ccc3c2c1.[2H]c1c(C([2H])([2H])C(C)(C)C)c(C([2H])([2H])[2H])c(C)[n+](C)c1-c1c(C)ccc2c1oc1c([N+]#[C-])c(C([2H])(C)C)ccc12.[2H]c1c(C([2H])([2H])C(C)C)c(C([2H])([2H])[2H])c(C)[n+](C)c1-c1c(C)ccc2c1oc1c([N+]#[C-])c(C([2H])(C)C)ccc12.[2H]c1c(C)c([2H])c(-c2c(C)ccc3c2oc2c([N+]#[C-])cc(C([2H])(C)C([2H])([2H])[2H])cc23)[n+](C)c1C. The molecule has 0 fully saturated rings. The van der Waals surface area contributed by atoms with Gasteiger partial charge in [-0.2, -0.15) is 18.3 Å². The third-order valence-electron chi connectivity index (χ3n) is 22.7. The number of fused-ring (bicyclic) bond motifs is 12. The van der Waals surface area contributed by atoms with Crippen LogP contribution in [0.15, 0.2) is 151 Å². The zero-order valence-electron chi connectivity index (χ0n) is 97.7. The van der Waals surface area contributed by atoms with Crippen LogP contribution >= 0.6 is 0 Å². The van der Waals surface area contributed by atoms with Crippen molar-refractivity contribution >= 4 is 111 Å². The predicted molar refractivity (Wildman–Crippen MR) is 501 cm³/mol. The van der Waals surface area contributed by atoms with Crippen molar-refractivity contribution in [1.82, 2.24) is 0 Å². The molecule has 121 heavy (non-hydrogen) atoms. The molecule has 0 aliphatic carbocycles. The number of rotatable bonds is 11. The molecular formula is C109H118N8O4+4. The summed E-state index contributed by atoms with van der Waals surface area (Å²) in [6.45, 7) is 57.3. The molecule has 614 valence electrons. The van der Waals surface area contributed by atoms with Crippen LogP contribution in [0.3, 0.4) is 0 Å². The Labute approximate surface area is 749 Å². The third-order valence-corrected chi connectivity index (χ3v) is 22.7. The molecule has 0 saturated carbocycles. The van der Waals surface area contributed by atoms with Crippen LogP contribution in [0.1, 0.15) is 247 Å². The average molecular weight is 1630 g/mol. The minimum Gasteiger partial charge on any atom is -0.466 e. The Bertz CT molecular complexity index is 8280. The third kappa shape index (κ3) is 15.9. The molecule has 16 aromatic rings. The van der Waals surface area contributed by atoms with Crippen molar-refractivity contribution in [2.75, 3.05) is 0 Å². The van der Waals surface area contributed by atoms with Gasteiger partial charge >= 0.3 is 0 Å². The van der Waals surface area contributed by atoms with Gasteiger partial charge in [0.05, 0.1) is 54.0 Å². The van der Waals surface area contributed by atoms with Crippen molar-refractivity contribution in [3.05, 3.63) is 280 Å². The molecule has 0 saturated heterocycles. The molecule has 8 heterocycles. The van der Waals surface area contributed by atoms with E-state index >= 15 is 0 Å². The van der Waals surface area contributed by atoms with E-state index in [0.29, 0.717) is 151 Å². The van der Waals surface area contributed by atoms with Crippen LogP contribution in [0.4, 0.5) is 22.7 Å². The Hall–Kier alpha value is -12.5. The average Bonchev–Trinajstić information content (AvgIpc) is 1.65. The van der Waals surface area contributed by atoms with E-state index in [1.165, 1.54) is 26.0 Å². The molecule has 0 bridgehead atoms. The smallest absolute Gasteiger partial charge is 0.232 e. The number of furan rings is 4. The second-order valence-corrected chi connectivity index (χ2v) is 33.5. The van der Waals surface area contributed by atoms with Crippen LogP contribution < -0.4 is 18.3 Å². The number of hydrogen-bond donors (Lipinski definition) is 0. The van der Waals surface area contributed by atoms with Gasteiger partial charge in [-0.3, -0.25) is 0 Å². The van der Waals surface area contributed by atoms with Gasteiger partial charge in [-0.05, 0) is 183 Å². The highest BCUT2D eigenvalue weighted by molar-refractivity contribution is 6.17. The molecule has 2 atom stereocenters. The summed E-state index contributed by atoms with van der Waals surface area (Å²) in [7, 11) is 7.18. The predicted octanol–water partition coefficient (Wildman–Crippen LogP) is 29.5. The van der Waals surface area contributed by atoms with Gasteiger partial charge in [0.1, 0.15) is 72.9 Å². The Balaban J connectivity index is 0.000000162. The van der Waals surface area contributed by atoms with Gasteiger partial charge < -0.3 is 17.7 Å². The number of benzene rings is 8. The lowest BCUT2D eigenvalue weighted by Crippen LogP contribution is -2.36. The van der Waals surface area contributed by atoms with Gasteiger partial charge in [0.25, 0.3) is 0 Å². The normalized spacial score (nSPS) is 16.4. The fourth-order valence-corrected chi connectivity index (χ4v) is 16.0. The summed E-state index contributed by atoms with van der Waals surface area (Å²) in [6, 6.07) is 33.0. The first kappa shape index (κ1) is 60.1. The van der Waals surface area contributed by atoms with E-state index in [2.05, 4.69) is 49.9 Å². The maximum Gasteiger partial charge on any atom is 0.232 e. The summed E-state index contributed by atoms with van der Waals surface area (Å²) in [5, 5.41) is 5.52. The van der Waals surface area contributed by atoms with Crippen molar-refractivity contribution in [2.45, 2.75) is 209 Å². The molecule has 12 nitrogen and oxygen atoms in total. The van der Waals surface area contributed by atoms with Crippen LogP contribution in [0.25, 0.3) is 152 Å². The van der Waals surface area contributed by atoms with Crippen molar-refractivity contribution in [1.29, 1.82) is 0 Å². The largest absolute Gasteiger partial charge is 0.466 e. The van der Waals surface area contributed by atoms with Gasteiger partial charge in [-0.1, -0.05) is 174 Å². The zero-order valence-corrected chi connectivity index (χ0v) is 73.7. The van der Waals surface area contributed by atoms with E-state index < -0.39 is 75.1 Å². The summed E-state index contributed by atoms with van der Waals surface area (Å²) in [5.41, 5.74) is 16.9. The molecular weight excluding hydrogens is 1490 g/mol. The molecule has 0 aliphatic heterocycles. The molecule has 0 radical (unpaired) electrons. The minimum absolute atomic E-state index is 0.138. The molecule has 0 amide bonds.